The Morgan fingerprint density at radius 1 is 1.17 bits per heavy atom. The van der Waals surface area contributed by atoms with Crippen molar-refractivity contribution in [1.29, 1.82) is 0 Å². The van der Waals surface area contributed by atoms with Crippen molar-refractivity contribution in [2.45, 2.75) is 58.8 Å². The van der Waals surface area contributed by atoms with E-state index in [9.17, 15) is 4.79 Å². The van der Waals surface area contributed by atoms with Gasteiger partial charge in [0, 0.05) is 24.2 Å². The molecule has 4 rings (SSSR count). The molecule has 5 heteroatoms. The number of aryl methyl sites for hydroxylation is 1. The molecule has 0 bridgehead atoms. The summed E-state index contributed by atoms with van der Waals surface area (Å²) >= 11 is 0. The van der Waals surface area contributed by atoms with Gasteiger partial charge in [0.1, 0.15) is 18.0 Å². The van der Waals surface area contributed by atoms with Gasteiger partial charge in [0.05, 0.1) is 5.52 Å². The molecule has 0 aliphatic carbocycles. The molecule has 3 aromatic rings. The number of carbonyl (C=O) groups excluding carboxylic acids is 1. The van der Waals surface area contributed by atoms with Crippen LogP contribution < -0.4 is 4.74 Å². The maximum atomic E-state index is 12.5. The number of nitrogens with zero attached hydrogens (tertiary/aromatic N) is 1. The molecule has 1 aliphatic heterocycles. The quantitative estimate of drug-likeness (QED) is 0.599. The van der Waals surface area contributed by atoms with E-state index in [1.165, 1.54) is 11.1 Å². The number of hydrogen-bond acceptors (Lipinski definition) is 3. The number of aromatic amines is 1. The van der Waals surface area contributed by atoms with Crippen molar-refractivity contribution in [1.82, 2.24) is 9.88 Å². The van der Waals surface area contributed by atoms with Crippen molar-refractivity contribution in [3.63, 3.8) is 0 Å². The van der Waals surface area contributed by atoms with E-state index in [0.29, 0.717) is 6.61 Å². The standard InChI is InChI=1S/C25H30N2O3/c1-17-10-11-21(29-16-18-8-6-5-7-9-18)22-19(15-26-23(17)22)14-20-12-13-27(20)24(28)30-25(2,3)4/h5-11,15,20,26H,12-14,16H2,1-4H3/t20-/m0/s1. The molecule has 0 radical (unpaired) electrons. The second-order valence-corrected chi connectivity index (χ2v) is 9.04. The minimum atomic E-state index is -0.479. The van der Waals surface area contributed by atoms with E-state index in [-0.39, 0.29) is 12.1 Å². The molecular weight excluding hydrogens is 376 g/mol. The van der Waals surface area contributed by atoms with Crippen molar-refractivity contribution >= 4 is 17.0 Å². The zero-order chi connectivity index (χ0) is 21.3. The summed E-state index contributed by atoms with van der Waals surface area (Å²) in [5.41, 5.74) is 4.11. The van der Waals surface area contributed by atoms with Gasteiger partial charge in [-0.3, -0.25) is 0 Å². The molecule has 1 atom stereocenters. The molecule has 0 unspecified atom stereocenters. The normalized spacial score (nSPS) is 16.4. The first kappa shape index (κ1) is 20.3. The first-order chi connectivity index (χ1) is 14.3. The van der Waals surface area contributed by atoms with Crippen molar-refractivity contribution in [3.8, 4) is 5.75 Å². The second kappa shape index (κ2) is 8.05. The third-order valence-electron chi connectivity index (χ3n) is 5.55. The van der Waals surface area contributed by atoms with Gasteiger partial charge >= 0.3 is 6.09 Å². The van der Waals surface area contributed by atoms with E-state index in [4.69, 9.17) is 9.47 Å². The van der Waals surface area contributed by atoms with Gasteiger partial charge in [-0.25, -0.2) is 4.79 Å². The Hall–Kier alpha value is -2.95. The predicted molar refractivity (Wildman–Crippen MR) is 119 cm³/mol. The van der Waals surface area contributed by atoms with Crippen LogP contribution in [-0.2, 0) is 17.8 Å². The van der Waals surface area contributed by atoms with Gasteiger partial charge in [-0.1, -0.05) is 36.4 Å². The summed E-state index contributed by atoms with van der Waals surface area (Å²) in [5, 5.41) is 1.11. The van der Waals surface area contributed by atoms with Crippen LogP contribution in [0.3, 0.4) is 0 Å². The largest absolute Gasteiger partial charge is 0.488 e. The van der Waals surface area contributed by atoms with Crippen LogP contribution >= 0.6 is 0 Å². The SMILES string of the molecule is Cc1ccc(OCc2ccccc2)c2c(C[C@@H]3CCN3C(=O)OC(C)(C)C)c[nH]c12. The maximum absolute atomic E-state index is 12.5. The number of rotatable bonds is 5. The number of likely N-dealkylation sites (tertiary alicyclic amines) is 1. The van der Waals surface area contributed by atoms with Crippen molar-refractivity contribution in [2.24, 2.45) is 0 Å². The van der Waals surface area contributed by atoms with E-state index in [0.717, 1.165) is 41.6 Å². The molecular formula is C25H30N2O3. The van der Waals surface area contributed by atoms with Gasteiger partial charge in [0.2, 0.25) is 0 Å². The van der Waals surface area contributed by atoms with Crippen molar-refractivity contribution in [3.05, 3.63) is 65.4 Å². The first-order valence-electron chi connectivity index (χ1n) is 10.6. The fourth-order valence-electron chi connectivity index (χ4n) is 3.91. The number of H-pyrrole nitrogens is 1. The van der Waals surface area contributed by atoms with Crippen LogP contribution in [0.5, 0.6) is 5.75 Å². The highest BCUT2D eigenvalue weighted by Crippen LogP contribution is 2.34. The Morgan fingerprint density at radius 2 is 1.93 bits per heavy atom. The van der Waals surface area contributed by atoms with E-state index in [1.807, 2.05) is 49.9 Å². The molecule has 5 nitrogen and oxygen atoms in total. The zero-order valence-corrected chi connectivity index (χ0v) is 18.2. The molecule has 1 saturated heterocycles. The highest BCUT2D eigenvalue weighted by atomic mass is 16.6. The third kappa shape index (κ3) is 4.30. The molecule has 1 amide bonds. The summed E-state index contributed by atoms with van der Waals surface area (Å²) in [6.45, 7) is 9.07. The highest BCUT2D eigenvalue weighted by Gasteiger charge is 2.35. The molecule has 1 N–H and O–H groups in total. The topological polar surface area (TPSA) is 54.6 Å². The van der Waals surface area contributed by atoms with E-state index in [1.54, 1.807) is 0 Å². The lowest BCUT2D eigenvalue weighted by Crippen LogP contribution is -2.53. The lowest BCUT2D eigenvalue weighted by Gasteiger charge is -2.41. The molecule has 2 aromatic carbocycles. The summed E-state index contributed by atoms with van der Waals surface area (Å²) < 4.78 is 11.8. The predicted octanol–water partition coefficient (Wildman–Crippen LogP) is 5.61. The summed E-state index contributed by atoms with van der Waals surface area (Å²) in [6, 6.07) is 14.5. The molecule has 2 heterocycles. The fraction of sp³-hybridized carbons (Fsp3) is 0.400. The summed E-state index contributed by atoms with van der Waals surface area (Å²) in [5.74, 6) is 0.874. The third-order valence-corrected chi connectivity index (χ3v) is 5.55. The molecule has 30 heavy (non-hydrogen) atoms. The molecule has 1 aliphatic rings. The number of ether oxygens (including phenoxy) is 2. The minimum Gasteiger partial charge on any atom is -0.488 e. The summed E-state index contributed by atoms with van der Waals surface area (Å²) in [4.78, 5) is 17.7. The minimum absolute atomic E-state index is 0.154. The number of nitrogens with one attached hydrogen (secondary N) is 1. The number of benzene rings is 2. The average molecular weight is 407 g/mol. The Morgan fingerprint density at radius 3 is 2.60 bits per heavy atom. The lowest BCUT2D eigenvalue weighted by atomic mass is 9.95. The van der Waals surface area contributed by atoms with Gasteiger partial charge in [-0.15, -0.1) is 0 Å². The smallest absolute Gasteiger partial charge is 0.410 e. The number of hydrogen-bond donors (Lipinski definition) is 1. The first-order valence-corrected chi connectivity index (χ1v) is 10.6. The van der Waals surface area contributed by atoms with Gasteiger partial charge in [0.15, 0.2) is 0 Å². The Balaban J connectivity index is 1.54. The molecule has 1 aromatic heterocycles. The van der Waals surface area contributed by atoms with Crippen LogP contribution in [0.1, 0.15) is 43.9 Å². The zero-order valence-electron chi connectivity index (χ0n) is 18.2. The summed E-state index contributed by atoms with van der Waals surface area (Å²) in [6.07, 6.45) is 3.59. The van der Waals surface area contributed by atoms with E-state index >= 15 is 0 Å². The fourth-order valence-corrected chi connectivity index (χ4v) is 3.91. The second-order valence-electron chi connectivity index (χ2n) is 9.04. The number of fused-ring (bicyclic) bond motifs is 1. The van der Waals surface area contributed by atoms with Crippen LogP contribution in [0.15, 0.2) is 48.7 Å². The van der Waals surface area contributed by atoms with Crippen molar-refractivity contribution in [2.75, 3.05) is 6.54 Å². The summed E-state index contributed by atoms with van der Waals surface area (Å²) in [7, 11) is 0. The Labute approximate surface area is 178 Å². The Bertz CT molecular complexity index is 1030. The molecule has 0 saturated carbocycles. The van der Waals surface area contributed by atoms with Crippen LogP contribution in [0.25, 0.3) is 10.9 Å². The average Bonchev–Trinajstić information content (AvgIpc) is 3.09. The van der Waals surface area contributed by atoms with Gasteiger partial charge in [-0.05, 0) is 63.3 Å². The van der Waals surface area contributed by atoms with Crippen LogP contribution in [0.4, 0.5) is 4.79 Å². The van der Waals surface area contributed by atoms with Crippen LogP contribution in [0, 0.1) is 6.92 Å². The van der Waals surface area contributed by atoms with Gasteiger partial charge < -0.3 is 19.4 Å². The van der Waals surface area contributed by atoms with Crippen LogP contribution in [-0.4, -0.2) is 34.2 Å². The van der Waals surface area contributed by atoms with Gasteiger partial charge in [0.25, 0.3) is 0 Å². The van der Waals surface area contributed by atoms with Crippen molar-refractivity contribution < 1.29 is 14.3 Å². The Kier molecular flexibility index (Phi) is 5.46. The molecule has 158 valence electrons. The molecule has 0 spiro atoms. The van der Waals surface area contributed by atoms with Crippen LogP contribution in [0.2, 0.25) is 0 Å². The van der Waals surface area contributed by atoms with E-state index in [2.05, 4.69) is 36.3 Å². The number of carbonyl (C=O) groups is 1. The van der Waals surface area contributed by atoms with Gasteiger partial charge in [-0.2, -0.15) is 0 Å². The number of amides is 1. The highest BCUT2D eigenvalue weighted by molar-refractivity contribution is 5.91. The number of aromatic nitrogens is 1. The maximum Gasteiger partial charge on any atom is 0.410 e. The lowest BCUT2D eigenvalue weighted by molar-refractivity contribution is -0.00493. The monoisotopic (exact) mass is 406 g/mol. The molecule has 1 fully saturated rings. The van der Waals surface area contributed by atoms with E-state index < -0.39 is 5.60 Å².